The van der Waals surface area contributed by atoms with E-state index in [1.807, 2.05) is 0 Å². The molecule has 0 unspecified atom stereocenters. The number of benzene rings is 1. The van der Waals surface area contributed by atoms with Gasteiger partial charge in [-0.15, -0.1) is 0 Å². The summed E-state index contributed by atoms with van der Waals surface area (Å²) < 4.78 is 25.9. The van der Waals surface area contributed by atoms with Crippen molar-refractivity contribution in [1.29, 1.82) is 0 Å². The van der Waals surface area contributed by atoms with Crippen LogP contribution in [0.15, 0.2) is 18.2 Å². The first-order valence-electron chi connectivity index (χ1n) is 5.62. The minimum absolute atomic E-state index is 0.0864. The zero-order valence-electron chi connectivity index (χ0n) is 9.30. The van der Waals surface area contributed by atoms with Crippen LogP contribution in [-0.2, 0) is 11.3 Å². The summed E-state index contributed by atoms with van der Waals surface area (Å²) in [5.41, 5.74) is 0.290. The van der Waals surface area contributed by atoms with Gasteiger partial charge in [0.1, 0.15) is 11.6 Å². The lowest BCUT2D eigenvalue weighted by Crippen LogP contribution is -2.40. The standard InChI is InChI=1S/C12H14F2N2O/c13-9-4-3-8(10(14)6-9)7-16-12(17)11-2-1-5-15-11/h3-4,6,11,15H,1-2,5,7H2,(H,16,17)/t11-/m1/s1. The van der Waals surface area contributed by atoms with Crippen LogP contribution in [0.1, 0.15) is 18.4 Å². The normalized spacial score (nSPS) is 19.3. The molecule has 0 bridgehead atoms. The van der Waals surface area contributed by atoms with Crippen LogP contribution >= 0.6 is 0 Å². The number of hydrogen-bond donors (Lipinski definition) is 2. The summed E-state index contributed by atoms with van der Waals surface area (Å²) in [6, 6.07) is 3.15. The molecular formula is C12H14F2N2O. The monoisotopic (exact) mass is 240 g/mol. The van der Waals surface area contributed by atoms with E-state index >= 15 is 0 Å². The van der Waals surface area contributed by atoms with Gasteiger partial charge in [-0.3, -0.25) is 4.79 Å². The maximum Gasteiger partial charge on any atom is 0.237 e. The van der Waals surface area contributed by atoms with Crippen LogP contribution in [0.3, 0.4) is 0 Å². The predicted molar refractivity (Wildman–Crippen MR) is 59.2 cm³/mol. The summed E-state index contributed by atoms with van der Waals surface area (Å²) in [6.45, 7) is 0.923. The molecule has 1 saturated heterocycles. The Balaban J connectivity index is 1.90. The average molecular weight is 240 g/mol. The summed E-state index contributed by atoms with van der Waals surface area (Å²) in [4.78, 5) is 11.6. The topological polar surface area (TPSA) is 41.1 Å². The van der Waals surface area contributed by atoms with Crippen molar-refractivity contribution >= 4 is 5.91 Å². The van der Waals surface area contributed by atoms with Gasteiger partial charge in [0.15, 0.2) is 0 Å². The minimum atomic E-state index is -0.635. The van der Waals surface area contributed by atoms with Gasteiger partial charge in [0.2, 0.25) is 5.91 Å². The molecule has 1 aliphatic rings. The zero-order chi connectivity index (χ0) is 12.3. The number of rotatable bonds is 3. The second-order valence-corrected chi connectivity index (χ2v) is 4.10. The lowest BCUT2D eigenvalue weighted by Gasteiger charge is -2.11. The summed E-state index contributed by atoms with van der Waals surface area (Å²) in [5.74, 6) is -1.38. The summed E-state index contributed by atoms with van der Waals surface area (Å²) in [5, 5.41) is 5.69. The molecule has 0 radical (unpaired) electrons. The molecule has 1 amide bonds. The first kappa shape index (κ1) is 12.0. The lowest BCUT2D eigenvalue weighted by atomic mass is 10.2. The maximum atomic E-state index is 13.3. The van der Waals surface area contributed by atoms with Crippen LogP contribution in [0.25, 0.3) is 0 Å². The molecule has 1 aliphatic heterocycles. The van der Waals surface area contributed by atoms with Crippen molar-refractivity contribution in [2.45, 2.75) is 25.4 Å². The molecule has 2 N–H and O–H groups in total. The van der Waals surface area contributed by atoms with E-state index in [-0.39, 0.29) is 24.1 Å². The molecule has 3 nitrogen and oxygen atoms in total. The highest BCUT2D eigenvalue weighted by Crippen LogP contribution is 2.10. The van der Waals surface area contributed by atoms with E-state index < -0.39 is 11.6 Å². The first-order chi connectivity index (χ1) is 8.16. The highest BCUT2D eigenvalue weighted by molar-refractivity contribution is 5.81. The highest BCUT2D eigenvalue weighted by Gasteiger charge is 2.21. The fourth-order valence-electron chi connectivity index (χ4n) is 1.88. The Kier molecular flexibility index (Phi) is 3.68. The Bertz CT molecular complexity index is 417. The molecule has 0 saturated carbocycles. The number of halogens is 2. The second-order valence-electron chi connectivity index (χ2n) is 4.10. The van der Waals surface area contributed by atoms with E-state index in [1.54, 1.807) is 0 Å². The molecule has 5 heteroatoms. The SMILES string of the molecule is O=C(NCc1ccc(F)cc1F)[C@H]1CCCN1. The Morgan fingerprint density at radius 2 is 2.29 bits per heavy atom. The summed E-state index contributed by atoms with van der Waals surface area (Å²) in [6.07, 6.45) is 1.78. The zero-order valence-corrected chi connectivity index (χ0v) is 9.30. The molecule has 1 aromatic rings. The van der Waals surface area contributed by atoms with E-state index in [2.05, 4.69) is 10.6 Å². The molecule has 0 aliphatic carbocycles. The van der Waals surface area contributed by atoms with Gasteiger partial charge in [-0.2, -0.15) is 0 Å². The van der Waals surface area contributed by atoms with Gasteiger partial charge < -0.3 is 10.6 Å². The van der Waals surface area contributed by atoms with Gasteiger partial charge >= 0.3 is 0 Å². The van der Waals surface area contributed by atoms with Gasteiger partial charge in [-0.25, -0.2) is 8.78 Å². The third kappa shape index (κ3) is 3.00. The molecule has 2 rings (SSSR count). The van der Waals surface area contributed by atoms with Crippen LogP contribution in [0, 0.1) is 11.6 Å². The van der Waals surface area contributed by atoms with Gasteiger partial charge in [-0.05, 0) is 25.5 Å². The number of amides is 1. The number of nitrogens with one attached hydrogen (secondary N) is 2. The smallest absolute Gasteiger partial charge is 0.237 e. The average Bonchev–Trinajstić information content (AvgIpc) is 2.81. The Hall–Kier alpha value is -1.49. The Labute approximate surface area is 98.2 Å². The van der Waals surface area contributed by atoms with Gasteiger partial charge in [0, 0.05) is 18.2 Å². The van der Waals surface area contributed by atoms with Crippen molar-refractivity contribution in [1.82, 2.24) is 10.6 Å². The van der Waals surface area contributed by atoms with Crippen LogP contribution < -0.4 is 10.6 Å². The Morgan fingerprint density at radius 1 is 1.47 bits per heavy atom. The molecule has 0 spiro atoms. The number of carbonyl (C=O) groups is 1. The van der Waals surface area contributed by atoms with Gasteiger partial charge in [-0.1, -0.05) is 6.07 Å². The van der Waals surface area contributed by atoms with E-state index in [9.17, 15) is 13.6 Å². The quantitative estimate of drug-likeness (QED) is 0.837. The molecule has 1 heterocycles. The van der Waals surface area contributed by atoms with Crippen molar-refractivity contribution < 1.29 is 13.6 Å². The summed E-state index contributed by atoms with van der Waals surface area (Å²) in [7, 11) is 0. The minimum Gasteiger partial charge on any atom is -0.351 e. The third-order valence-corrected chi connectivity index (χ3v) is 2.84. The van der Waals surface area contributed by atoms with Crippen molar-refractivity contribution in [3.63, 3.8) is 0 Å². The molecule has 0 aromatic heterocycles. The summed E-state index contributed by atoms with van der Waals surface area (Å²) >= 11 is 0. The van der Waals surface area contributed by atoms with Crippen LogP contribution in [0.4, 0.5) is 8.78 Å². The van der Waals surface area contributed by atoms with Crippen molar-refractivity contribution in [2.24, 2.45) is 0 Å². The van der Waals surface area contributed by atoms with Crippen molar-refractivity contribution in [3.05, 3.63) is 35.4 Å². The molecule has 92 valence electrons. The third-order valence-electron chi connectivity index (χ3n) is 2.84. The lowest BCUT2D eigenvalue weighted by molar-refractivity contribution is -0.122. The maximum absolute atomic E-state index is 13.3. The molecular weight excluding hydrogens is 226 g/mol. The van der Waals surface area contributed by atoms with Crippen LogP contribution in [0.2, 0.25) is 0 Å². The number of hydrogen-bond acceptors (Lipinski definition) is 2. The second kappa shape index (κ2) is 5.23. The largest absolute Gasteiger partial charge is 0.351 e. The Morgan fingerprint density at radius 3 is 2.94 bits per heavy atom. The predicted octanol–water partition coefficient (Wildman–Crippen LogP) is 1.33. The van der Waals surface area contributed by atoms with E-state index in [4.69, 9.17) is 0 Å². The van der Waals surface area contributed by atoms with Crippen LogP contribution in [-0.4, -0.2) is 18.5 Å². The molecule has 1 aromatic carbocycles. The first-order valence-corrected chi connectivity index (χ1v) is 5.62. The van der Waals surface area contributed by atoms with E-state index in [1.165, 1.54) is 12.1 Å². The molecule has 17 heavy (non-hydrogen) atoms. The molecule has 1 fully saturated rings. The number of carbonyl (C=O) groups excluding carboxylic acids is 1. The molecule has 1 atom stereocenters. The van der Waals surface area contributed by atoms with E-state index in [0.29, 0.717) is 0 Å². The fraction of sp³-hybridized carbons (Fsp3) is 0.417. The van der Waals surface area contributed by atoms with Gasteiger partial charge in [0.25, 0.3) is 0 Å². The fourth-order valence-corrected chi connectivity index (χ4v) is 1.88. The van der Waals surface area contributed by atoms with Crippen molar-refractivity contribution in [2.75, 3.05) is 6.54 Å². The van der Waals surface area contributed by atoms with Crippen LogP contribution in [0.5, 0.6) is 0 Å². The van der Waals surface area contributed by atoms with E-state index in [0.717, 1.165) is 25.5 Å². The van der Waals surface area contributed by atoms with Gasteiger partial charge in [0.05, 0.1) is 6.04 Å². The van der Waals surface area contributed by atoms with Crippen molar-refractivity contribution in [3.8, 4) is 0 Å². The highest BCUT2D eigenvalue weighted by atomic mass is 19.1.